The van der Waals surface area contributed by atoms with E-state index < -0.39 is 15.9 Å². The number of aryl methyl sites for hydroxylation is 3. The molecule has 0 fully saturated rings. The van der Waals surface area contributed by atoms with Crippen molar-refractivity contribution in [2.45, 2.75) is 32.6 Å². The van der Waals surface area contributed by atoms with Crippen LogP contribution in [0, 0.1) is 20.8 Å². The lowest BCUT2D eigenvalue weighted by Gasteiger charge is -2.13. The van der Waals surface area contributed by atoms with Gasteiger partial charge in [0.05, 0.1) is 11.4 Å². The van der Waals surface area contributed by atoms with E-state index in [9.17, 15) is 18.0 Å². The SMILES string of the molecule is CC(=O)c1ccc(S(=O)(=O)NCC(=O)Nc2c(C)cc(C)cc2C)cc1. The van der Waals surface area contributed by atoms with Gasteiger partial charge in [0, 0.05) is 11.3 Å². The first kappa shape index (κ1) is 19.8. The van der Waals surface area contributed by atoms with Gasteiger partial charge in [-0.1, -0.05) is 29.8 Å². The number of anilines is 1. The first-order valence-electron chi connectivity index (χ1n) is 8.08. The molecule has 0 bridgehead atoms. The van der Waals surface area contributed by atoms with Gasteiger partial charge in [-0.15, -0.1) is 0 Å². The molecule has 26 heavy (non-hydrogen) atoms. The number of sulfonamides is 1. The molecule has 2 aromatic rings. The van der Waals surface area contributed by atoms with Gasteiger partial charge in [-0.25, -0.2) is 13.1 Å². The van der Waals surface area contributed by atoms with Crippen molar-refractivity contribution >= 4 is 27.4 Å². The second-order valence-electron chi connectivity index (χ2n) is 6.23. The van der Waals surface area contributed by atoms with E-state index in [1.54, 1.807) is 0 Å². The number of benzene rings is 2. The highest BCUT2D eigenvalue weighted by atomic mass is 32.2. The second kappa shape index (κ2) is 7.80. The summed E-state index contributed by atoms with van der Waals surface area (Å²) in [5, 5.41) is 2.74. The maximum absolute atomic E-state index is 12.3. The van der Waals surface area contributed by atoms with Crippen LogP contribution >= 0.6 is 0 Å². The number of nitrogens with one attached hydrogen (secondary N) is 2. The van der Waals surface area contributed by atoms with Crippen LogP contribution in [-0.2, 0) is 14.8 Å². The first-order chi connectivity index (χ1) is 12.1. The smallest absolute Gasteiger partial charge is 0.241 e. The van der Waals surface area contributed by atoms with Crippen LogP contribution in [0.25, 0.3) is 0 Å². The highest BCUT2D eigenvalue weighted by Gasteiger charge is 2.16. The Morgan fingerprint density at radius 3 is 2.00 bits per heavy atom. The minimum Gasteiger partial charge on any atom is -0.324 e. The number of carbonyl (C=O) groups excluding carboxylic acids is 2. The second-order valence-corrected chi connectivity index (χ2v) is 7.99. The summed E-state index contributed by atoms with van der Waals surface area (Å²) in [5.41, 5.74) is 4.03. The van der Waals surface area contributed by atoms with Crippen LogP contribution < -0.4 is 10.0 Å². The quantitative estimate of drug-likeness (QED) is 0.761. The van der Waals surface area contributed by atoms with Gasteiger partial charge < -0.3 is 5.32 Å². The average molecular weight is 374 g/mol. The monoisotopic (exact) mass is 374 g/mol. The molecule has 6 nitrogen and oxygen atoms in total. The number of ketones is 1. The predicted molar refractivity (Wildman–Crippen MR) is 101 cm³/mol. The lowest BCUT2D eigenvalue weighted by molar-refractivity contribution is -0.115. The minimum atomic E-state index is -3.84. The molecule has 2 rings (SSSR count). The Hall–Kier alpha value is -2.51. The van der Waals surface area contributed by atoms with Gasteiger partial charge >= 0.3 is 0 Å². The molecule has 0 atom stereocenters. The largest absolute Gasteiger partial charge is 0.324 e. The molecule has 0 saturated heterocycles. The van der Waals surface area contributed by atoms with Crippen molar-refractivity contribution in [3.8, 4) is 0 Å². The zero-order chi connectivity index (χ0) is 19.5. The molecule has 138 valence electrons. The van der Waals surface area contributed by atoms with Crippen LogP contribution in [0.3, 0.4) is 0 Å². The van der Waals surface area contributed by atoms with Crippen LogP contribution in [0.2, 0.25) is 0 Å². The van der Waals surface area contributed by atoms with Gasteiger partial charge in [0.25, 0.3) is 0 Å². The van der Waals surface area contributed by atoms with E-state index in [4.69, 9.17) is 0 Å². The molecule has 0 aromatic heterocycles. The van der Waals surface area contributed by atoms with E-state index in [1.807, 2.05) is 32.9 Å². The van der Waals surface area contributed by atoms with E-state index in [2.05, 4.69) is 10.0 Å². The first-order valence-corrected chi connectivity index (χ1v) is 9.57. The number of amides is 1. The van der Waals surface area contributed by atoms with Crippen molar-refractivity contribution in [2.24, 2.45) is 0 Å². The fraction of sp³-hybridized carbons (Fsp3) is 0.263. The minimum absolute atomic E-state index is 0.00185. The van der Waals surface area contributed by atoms with Crippen LogP contribution in [0.1, 0.15) is 34.0 Å². The van der Waals surface area contributed by atoms with Crippen LogP contribution in [-0.4, -0.2) is 26.7 Å². The third-order valence-electron chi connectivity index (χ3n) is 3.94. The van der Waals surface area contributed by atoms with Gasteiger partial charge in [-0.3, -0.25) is 9.59 Å². The molecule has 0 aliphatic carbocycles. The number of hydrogen-bond acceptors (Lipinski definition) is 4. The van der Waals surface area contributed by atoms with Gasteiger partial charge in [0.2, 0.25) is 15.9 Å². The van der Waals surface area contributed by atoms with E-state index >= 15 is 0 Å². The molecule has 0 aliphatic heterocycles. The molecule has 2 aromatic carbocycles. The number of hydrogen-bond donors (Lipinski definition) is 2. The molecule has 1 amide bonds. The molecule has 0 radical (unpaired) electrons. The van der Waals surface area contributed by atoms with Gasteiger partial charge in [0.15, 0.2) is 5.78 Å². The Bertz CT molecular complexity index is 925. The number of rotatable bonds is 6. The Labute approximate surface area is 153 Å². The number of carbonyl (C=O) groups is 2. The Kier molecular flexibility index (Phi) is 5.94. The molecule has 0 aliphatic rings. The molecule has 2 N–H and O–H groups in total. The molecule has 0 spiro atoms. The summed E-state index contributed by atoms with van der Waals surface area (Å²) < 4.78 is 26.8. The maximum Gasteiger partial charge on any atom is 0.241 e. The van der Waals surface area contributed by atoms with Crippen LogP contribution in [0.5, 0.6) is 0 Å². The van der Waals surface area contributed by atoms with Gasteiger partial charge in [-0.05, 0) is 51.0 Å². The van der Waals surface area contributed by atoms with Crippen molar-refractivity contribution in [1.29, 1.82) is 0 Å². The van der Waals surface area contributed by atoms with Gasteiger partial charge in [-0.2, -0.15) is 0 Å². The topological polar surface area (TPSA) is 92.3 Å². The van der Waals surface area contributed by atoms with Gasteiger partial charge in [0.1, 0.15) is 0 Å². The normalized spacial score (nSPS) is 11.2. The molecule has 0 unspecified atom stereocenters. The maximum atomic E-state index is 12.3. The zero-order valence-electron chi connectivity index (χ0n) is 15.2. The van der Waals surface area contributed by atoms with Crippen molar-refractivity contribution in [2.75, 3.05) is 11.9 Å². The van der Waals surface area contributed by atoms with E-state index in [0.29, 0.717) is 11.3 Å². The Balaban J connectivity index is 2.05. The summed E-state index contributed by atoms with van der Waals surface area (Å²) >= 11 is 0. The third kappa shape index (κ3) is 4.77. The molecular weight excluding hydrogens is 352 g/mol. The summed E-state index contributed by atoms with van der Waals surface area (Å²) in [4.78, 5) is 23.4. The van der Waals surface area contributed by atoms with E-state index in [1.165, 1.54) is 31.2 Å². The average Bonchev–Trinajstić information content (AvgIpc) is 2.56. The number of Topliss-reactive ketones (excluding diaryl/α,β-unsaturated/α-hetero) is 1. The summed E-state index contributed by atoms with van der Waals surface area (Å²) in [6.45, 7) is 6.76. The molecule has 0 saturated carbocycles. The van der Waals surface area contributed by atoms with Crippen molar-refractivity contribution in [1.82, 2.24) is 4.72 Å². The Morgan fingerprint density at radius 1 is 0.962 bits per heavy atom. The lowest BCUT2D eigenvalue weighted by Crippen LogP contribution is -2.33. The summed E-state index contributed by atoms with van der Waals surface area (Å²) in [7, 11) is -3.84. The molecule has 7 heteroatoms. The van der Waals surface area contributed by atoms with Crippen molar-refractivity contribution in [3.63, 3.8) is 0 Å². The summed E-state index contributed by atoms with van der Waals surface area (Å²) in [6.07, 6.45) is 0. The van der Waals surface area contributed by atoms with Crippen molar-refractivity contribution < 1.29 is 18.0 Å². The fourth-order valence-corrected chi connectivity index (χ4v) is 3.66. The molecular formula is C19H22N2O4S. The standard InChI is InChI=1S/C19H22N2O4S/c1-12-9-13(2)19(14(3)10-12)21-18(23)11-20-26(24,25)17-7-5-16(6-8-17)15(4)22/h5-10,20H,11H2,1-4H3,(H,21,23). The lowest BCUT2D eigenvalue weighted by atomic mass is 10.1. The van der Waals surface area contributed by atoms with E-state index in [0.717, 1.165) is 16.7 Å². The van der Waals surface area contributed by atoms with Crippen molar-refractivity contribution in [3.05, 3.63) is 58.7 Å². The zero-order valence-corrected chi connectivity index (χ0v) is 16.0. The highest BCUT2D eigenvalue weighted by molar-refractivity contribution is 7.89. The third-order valence-corrected chi connectivity index (χ3v) is 5.35. The van der Waals surface area contributed by atoms with Crippen LogP contribution in [0.15, 0.2) is 41.3 Å². The highest BCUT2D eigenvalue weighted by Crippen LogP contribution is 2.21. The Morgan fingerprint density at radius 2 is 1.50 bits per heavy atom. The van der Waals surface area contributed by atoms with Crippen LogP contribution in [0.4, 0.5) is 5.69 Å². The predicted octanol–water partition coefficient (Wildman–Crippen LogP) is 2.73. The van der Waals surface area contributed by atoms with E-state index in [-0.39, 0.29) is 17.2 Å². The summed E-state index contributed by atoms with van der Waals surface area (Å²) in [5.74, 6) is -0.603. The molecule has 0 heterocycles. The summed E-state index contributed by atoms with van der Waals surface area (Å²) in [6, 6.07) is 9.45. The fourth-order valence-electron chi connectivity index (χ4n) is 2.67.